The number of aryl methyl sites for hydroxylation is 2. The average Bonchev–Trinajstić information content (AvgIpc) is 2.99. The molecule has 0 aliphatic heterocycles. The zero-order valence-electron chi connectivity index (χ0n) is 15.1. The first-order chi connectivity index (χ1) is 12.5. The lowest BCUT2D eigenvalue weighted by atomic mass is 10.1. The third-order valence-electron chi connectivity index (χ3n) is 4.27. The molecule has 1 aromatic heterocycles. The summed E-state index contributed by atoms with van der Waals surface area (Å²) in [5.41, 5.74) is 3.71. The molecule has 2 aromatic carbocycles. The van der Waals surface area contributed by atoms with Crippen LogP contribution in [0.1, 0.15) is 38.4 Å². The molecule has 3 aromatic rings. The van der Waals surface area contributed by atoms with Crippen LogP contribution in [-0.4, -0.2) is 17.4 Å². The number of rotatable bonds is 5. The van der Waals surface area contributed by atoms with Gasteiger partial charge in [-0.3, -0.25) is 4.79 Å². The first-order valence-corrected chi connectivity index (χ1v) is 9.39. The summed E-state index contributed by atoms with van der Waals surface area (Å²) in [6, 6.07) is 14.3. The number of para-hydroxylation sites is 1. The van der Waals surface area contributed by atoms with Crippen LogP contribution in [0.4, 0.5) is 10.1 Å². The molecular formula is C21H21FN2OS. The Morgan fingerprint density at radius 3 is 2.46 bits per heavy atom. The van der Waals surface area contributed by atoms with Crippen molar-refractivity contribution in [2.24, 2.45) is 0 Å². The molecule has 0 unspecified atom stereocenters. The van der Waals surface area contributed by atoms with Crippen LogP contribution >= 0.6 is 11.3 Å². The van der Waals surface area contributed by atoms with E-state index in [0.29, 0.717) is 17.8 Å². The van der Waals surface area contributed by atoms with E-state index in [2.05, 4.69) is 4.98 Å². The lowest BCUT2D eigenvalue weighted by Crippen LogP contribution is -2.31. The Hall–Kier alpha value is -2.53. The molecule has 1 amide bonds. The van der Waals surface area contributed by atoms with E-state index < -0.39 is 0 Å². The largest absolute Gasteiger partial charge is 0.308 e. The van der Waals surface area contributed by atoms with E-state index >= 15 is 0 Å². The minimum Gasteiger partial charge on any atom is -0.308 e. The van der Waals surface area contributed by atoms with Crippen molar-refractivity contribution in [3.63, 3.8) is 0 Å². The number of nitrogens with zero attached hydrogens (tertiary/aromatic N) is 2. The van der Waals surface area contributed by atoms with Crippen molar-refractivity contribution in [2.45, 2.75) is 27.2 Å². The van der Waals surface area contributed by atoms with Gasteiger partial charge in [0.25, 0.3) is 5.91 Å². The molecule has 0 spiro atoms. The van der Waals surface area contributed by atoms with Gasteiger partial charge >= 0.3 is 0 Å². The number of hydrogen-bond acceptors (Lipinski definition) is 3. The molecule has 0 aliphatic carbocycles. The van der Waals surface area contributed by atoms with Gasteiger partial charge in [-0.2, -0.15) is 0 Å². The van der Waals surface area contributed by atoms with E-state index in [9.17, 15) is 9.18 Å². The number of amides is 1. The molecule has 3 nitrogen and oxygen atoms in total. The third kappa shape index (κ3) is 3.83. The Bertz CT molecular complexity index is 918. The van der Waals surface area contributed by atoms with Crippen LogP contribution in [0.5, 0.6) is 0 Å². The maximum atomic E-state index is 13.1. The van der Waals surface area contributed by atoms with Gasteiger partial charge in [0, 0.05) is 18.7 Å². The van der Waals surface area contributed by atoms with E-state index in [1.807, 2.05) is 45.0 Å². The quantitative estimate of drug-likeness (QED) is 0.623. The number of carbonyl (C=O) groups excluding carboxylic acids is 1. The van der Waals surface area contributed by atoms with E-state index in [1.165, 1.54) is 23.5 Å². The summed E-state index contributed by atoms with van der Waals surface area (Å²) in [7, 11) is 0. The first kappa shape index (κ1) is 18.3. The summed E-state index contributed by atoms with van der Waals surface area (Å²) in [5.74, 6) is -0.279. The molecule has 26 heavy (non-hydrogen) atoms. The maximum absolute atomic E-state index is 13.1. The standard InChI is InChI=1S/C21H21FN2OS/c1-4-24(18-8-6-5-7-14(18)2)21(25)20-15(3)23-19(26-20)13-16-9-11-17(22)12-10-16/h5-12H,4,13H2,1-3H3. The molecule has 0 bridgehead atoms. The van der Waals surface area contributed by atoms with Crippen molar-refractivity contribution < 1.29 is 9.18 Å². The van der Waals surface area contributed by atoms with Crippen LogP contribution in [-0.2, 0) is 6.42 Å². The predicted octanol–water partition coefficient (Wildman–Crippen LogP) is 5.16. The van der Waals surface area contributed by atoms with Gasteiger partial charge in [0.05, 0.1) is 10.7 Å². The van der Waals surface area contributed by atoms with Crippen LogP contribution in [0.2, 0.25) is 0 Å². The number of hydrogen-bond donors (Lipinski definition) is 0. The Morgan fingerprint density at radius 2 is 1.81 bits per heavy atom. The Balaban J connectivity index is 1.86. The van der Waals surface area contributed by atoms with Gasteiger partial charge < -0.3 is 4.90 Å². The van der Waals surface area contributed by atoms with Crippen LogP contribution < -0.4 is 4.90 Å². The fraction of sp³-hybridized carbons (Fsp3) is 0.238. The van der Waals surface area contributed by atoms with E-state index in [4.69, 9.17) is 0 Å². The lowest BCUT2D eigenvalue weighted by molar-refractivity contribution is 0.0991. The molecule has 0 fully saturated rings. The molecule has 0 radical (unpaired) electrons. The summed E-state index contributed by atoms with van der Waals surface area (Å²) in [6.07, 6.45) is 0.593. The molecule has 0 saturated carbocycles. The van der Waals surface area contributed by atoms with Gasteiger partial charge in [-0.05, 0) is 50.1 Å². The Morgan fingerprint density at radius 1 is 1.12 bits per heavy atom. The van der Waals surface area contributed by atoms with Crippen molar-refractivity contribution in [1.29, 1.82) is 0 Å². The predicted molar refractivity (Wildman–Crippen MR) is 105 cm³/mol. The second-order valence-corrected chi connectivity index (χ2v) is 7.24. The van der Waals surface area contributed by atoms with Crippen molar-refractivity contribution in [1.82, 2.24) is 4.98 Å². The van der Waals surface area contributed by atoms with E-state index in [1.54, 1.807) is 17.0 Å². The maximum Gasteiger partial charge on any atom is 0.270 e. The van der Waals surface area contributed by atoms with Crippen LogP contribution in [0.25, 0.3) is 0 Å². The van der Waals surface area contributed by atoms with Gasteiger partial charge in [0.15, 0.2) is 0 Å². The van der Waals surface area contributed by atoms with Gasteiger partial charge in [0.2, 0.25) is 0 Å². The van der Waals surface area contributed by atoms with Crippen molar-refractivity contribution in [3.05, 3.63) is 81.1 Å². The molecule has 0 aliphatic rings. The lowest BCUT2D eigenvalue weighted by Gasteiger charge is -2.22. The first-order valence-electron chi connectivity index (χ1n) is 8.57. The molecule has 5 heteroatoms. The molecule has 3 rings (SSSR count). The molecule has 0 saturated heterocycles. The fourth-order valence-electron chi connectivity index (χ4n) is 2.92. The van der Waals surface area contributed by atoms with Gasteiger partial charge in [0.1, 0.15) is 10.7 Å². The minimum absolute atomic E-state index is 0.0258. The zero-order chi connectivity index (χ0) is 18.7. The van der Waals surface area contributed by atoms with E-state index in [0.717, 1.165) is 27.5 Å². The van der Waals surface area contributed by atoms with Crippen molar-refractivity contribution in [2.75, 3.05) is 11.4 Å². The van der Waals surface area contributed by atoms with E-state index in [-0.39, 0.29) is 11.7 Å². The second-order valence-electron chi connectivity index (χ2n) is 6.16. The number of aromatic nitrogens is 1. The second kappa shape index (κ2) is 7.79. The summed E-state index contributed by atoms with van der Waals surface area (Å²) < 4.78 is 13.1. The Kier molecular flexibility index (Phi) is 5.47. The SMILES string of the molecule is CCN(C(=O)c1sc(Cc2ccc(F)cc2)nc1C)c1ccccc1C. The highest BCUT2D eigenvalue weighted by Crippen LogP contribution is 2.26. The average molecular weight is 368 g/mol. The minimum atomic E-state index is -0.253. The third-order valence-corrected chi connectivity index (χ3v) is 5.42. The summed E-state index contributed by atoms with van der Waals surface area (Å²) in [6.45, 7) is 6.43. The van der Waals surface area contributed by atoms with Gasteiger partial charge in [-0.25, -0.2) is 9.37 Å². The molecule has 0 atom stereocenters. The van der Waals surface area contributed by atoms with Gasteiger partial charge in [-0.15, -0.1) is 11.3 Å². The Labute approximate surface area is 157 Å². The molecule has 1 heterocycles. The molecule has 0 N–H and O–H groups in total. The monoisotopic (exact) mass is 368 g/mol. The van der Waals surface area contributed by atoms with Crippen LogP contribution in [0, 0.1) is 19.7 Å². The topological polar surface area (TPSA) is 33.2 Å². The summed E-state index contributed by atoms with van der Waals surface area (Å²) in [4.78, 5) is 20.1. The summed E-state index contributed by atoms with van der Waals surface area (Å²) >= 11 is 1.41. The number of thiazole rings is 1. The number of anilines is 1. The van der Waals surface area contributed by atoms with Crippen LogP contribution in [0.3, 0.4) is 0 Å². The highest BCUT2D eigenvalue weighted by molar-refractivity contribution is 7.14. The number of carbonyl (C=O) groups is 1. The smallest absolute Gasteiger partial charge is 0.270 e. The normalized spacial score (nSPS) is 10.8. The molecular weight excluding hydrogens is 347 g/mol. The van der Waals surface area contributed by atoms with Crippen molar-refractivity contribution >= 4 is 22.9 Å². The van der Waals surface area contributed by atoms with Crippen LogP contribution in [0.15, 0.2) is 48.5 Å². The molecule has 134 valence electrons. The fourth-order valence-corrected chi connectivity index (χ4v) is 3.96. The highest BCUT2D eigenvalue weighted by Gasteiger charge is 2.22. The number of benzene rings is 2. The van der Waals surface area contributed by atoms with Gasteiger partial charge in [-0.1, -0.05) is 30.3 Å². The zero-order valence-corrected chi connectivity index (χ0v) is 15.9. The highest BCUT2D eigenvalue weighted by atomic mass is 32.1. The number of halogens is 1. The summed E-state index contributed by atoms with van der Waals surface area (Å²) in [5, 5.41) is 0.860. The van der Waals surface area contributed by atoms with Crippen molar-refractivity contribution in [3.8, 4) is 0 Å².